The fourth-order valence-electron chi connectivity index (χ4n) is 3.47. The van der Waals surface area contributed by atoms with Crippen LogP contribution in [0, 0.1) is 6.92 Å². The number of aryl methyl sites for hydroxylation is 1. The molecule has 0 unspecified atom stereocenters. The second kappa shape index (κ2) is 8.01. The van der Waals surface area contributed by atoms with Gasteiger partial charge < -0.3 is 4.74 Å². The van der Waals surface area contributed by atoms with Gasteiger partial charge in [-0.1, -0.05) is 37.3 Å². The van der Waals surface area contributed by atoms with E-state index in [1.165, 1.54) is 11.3 Å². The van der Waals surface area contributed by atoms with Gasteiger partial charge in [-0.2, -0.15) is 0 Å². The smallest absolute Gasteiger partial charge is 0.258 e. The summed E-state index contributed by atoms with van der Waals surface area (Å²) in [6.45, 7) is 4.00. The lowest BCUT2D eigenvalue weighted by Gasteiger charge is -2.13. The van der Waals surface area contributed by atoms with Crippen molar-refractivity contribution in [1.29, 1.82) is 0 Å². The zero-order chi connectivity index (χ0) is 20.4. The number of nitrogens with one attached hydrogen (secondary N) is 1. The second-order valence-electron chi connectivity index (χ2n) is 6.62. The number of rotatable bonds is 5. The van der Waals surface area contributed by atoms with E-state index in [4.69, 9.17) is 9.72 Å². The van der Waals surface area contributed by atoms with E-state index in [2.05, 4.69) is 10.3 Å². The zero-order valence-electron chi connectivity index (χ0n) is 16.5. The number of thiazole rings is 1. The Morgan fingerprint density at radius 1 is 1.10 bits per heavy atom. The maximum Gasteiger partial charge on any atom is 0.258 e. The number of methoxy groups -OCH3 is 1. The molecule has 4 rings (SSSR count). The number of hydrogen-bond acceptors (Lipinski definition) is 5. The minimum absolute atomic E-state index is 0.170. The SMILES string of the molecule is CCc1nc2ccccc2c(C(=O)Nc2nc(-c3ccccc3OC)cs2)c1C. The third-order valence-corrected chi connectivity index (χ3v) is 5.66. The Morgan fingerprint density at radius 2 is 1.86 bits per heavy atom. The number of aromatic nitrogens is 2. The standard InChI is InChI=1S/C23H21N3O2S/c1-4-17-14(2)21(16-10-5-7-11-18(16)24-17)22(27)26-23-25-19(13-29-23)15-9-6-8-12-20(15)28-3/h5-13H,4H2,1-3H3,(H,25,26,27). The van der Waals surface area contributed by atoms with Crippen molar-refractivity contribution in [2.45, 2.75) is 20.3 Å². The first-order valence-corrected chi connectivity index (χ1v) is 10.3. The predicted molar refractivity (Wildman–Crippen MR) is 118 cm³/mol. The molecule has 5 nitrogen and oxygen atoms in total. The summed E-state index contributed by atoms with van der Waals surface area (Å²) in [7, 11) is 1.64. The lowest BCUT2D eigenvalue weighted by Crippen LogP contribution is -2.15. The second-order valence-corrected chi connectivity index (χ2v) is 7.48. The highest BCUT2D eigenvalue weighted by Gasteiger charge is 2.19. The van der Waals surface area contributed by atoms with Crippen LogP contribution in [0.3, 0.4) is 0 Å². The number of fused-ring (bicyclic) bond motifs is 1. The van der Waals surface area contributed by atoms with Crippen molar-refractivity contribution in [1.82, 2.24) is 9.97 Å². The van der Waals surface area contributed by atoms with Crippen molar-refractivity contribution in [2.24, 2.45) is 0 Å². The molecule has 0 aliphatic rings. The lowest BCUT2D eigenvalue weighted by atomic mass is 9.99. The van der Waals surface area contributed by atoms with Gasteiger partial charge in [0.05, 0.1) is 23.9 Å². The van der Waals surface area contributed by atoms with Crippen molar-refractivity contribution >= 4 is 33.3 Å². The molecule has 29 heavy (non-hydrogen) atoms. The first-order chi connectivity index (χ1) is 14.1. The number of para-hydroxylation sites is 2. The Kier molecular flexibility index (Phi) is 5.27. The van der Waals surface area contributed by atoms with Gasteiger partial charge in [0.15, 0.2) is 5.13 Å². The van der Waals surface area contributed by atoms with E-state index in [9.17, 15) is 4.79 Å². The number of hydrogen-bond donors (Lipinski definition) is 1. The van der Waals surface area contributed by atoms with Crippen LogP contribution in [0.25, 0.3) is 22.2 Å². The summed E-state index contributed by atoms with van der Waals surface area (Å²) in [5, 5.41) is 6.29. The van der Waals surface area contributed by atoms with E-state index in [1.807, 2.05) is 67.8 Å². The van der Waals surface area contributed by atoms with Crippen molar-refractivity contribution in [2.75, 3.05) is 12.4 Å². The van der Waals surface area contributed by atoms with Gasteiger partial charge >= 0.3 is 0 Å². The highest BCUT2D eigenvalue weighted by molar-refractivity contribution is 7.14. The zero-order valence-corrected chi connectivity index (χ0v) is 17.3. The summed E-state index contributed by atoms with van der Waals surface area (Å²) in [6.07, 6.45) is 0.770. The first-order valence-electron chi connectivity index (χ1n) is 9.40. The average Bonchev–Trinajstić information content (AvgIpc) is 3.21. The number of carbonyl (C=O) groups is 1. The van der Waals surface area contributed by atoms with E-state index in [0.717, 1.165) is 45.6 Å². The van der Waals surface area contributed by atoms with Crippen LogP contribution in [-0.2, 0) is 6.42 Å². The largest absolute Gasteiger partial charge is 0.496 e. The number of nitrogens with zero attached hydrogens (tertiary/aromatic N) is 2. The summed E-state index contributed by atoms with van der Waals surface area (Å²) < 4.78 is 5.42. The van der Waals surface area contributed by atoms with E-state index in [0.29, 0.717) is 10.7 Å². The molecule has 0 spiro atoms. The number of ether oxygens (including phenoxy) is 1. The van der Waals surface area contributed by atoms with Crippen LogP contribution < -0.4 is 10.1 Å². The van der Waals surface area contributed by atoms with Gasteiger partial charge in [-0.3, -0.25) is 15.1 Å². The topological polar surface area (TPSA) is 64.1 Å². The Hall–Kier alpha value is -3.25. The molecular weight excluding hydrogens is 382 g/mol. The maximum absolute atomic E-state index is 13.2. The van der Waals surface area contributed by atoms with E-state index < -0.39 is 0 Å². The first kappa shape index (κ1) is 19.1. The molecule has 0 aliphatic heterocycles. The minimum atomic E-state index is -0.170. The van der Waals surface area contributed by atoms with Crippen LogP contribution >= 0.6 is 11.3 Å². The maximum atomic E-state index is 13.2. The number of benzene rings is 2. The molecule has 2 heterocycles. The van der Waals surface area contributed by atoms with Crippen LogP contribution in [0.1, 0.15) is 28.5 Å². The van der Waals surface area contributed by atoms with Gasteiger partial charge in [0.1, 0.15) is 5.75 Å². The van der Waals surface area contributed by atoms with E-state index in [-0.39, 0.29) is 5.91 Å². The van der Waals surface area contributed by atoms with Crippen LogP contribution in [0.15, 0.2) is 53.9 Å². The van der Waals surface area contributed by atoms with Crippen LogP contribution in [0.4, 0.5) is 5.13 Å². The molecule has 1 N–H and O–H groups in total. The number of anilines is 1. The summed E-state index contributed by atoms with van der Waals surface area (Å²) in [6, 6.07) is 15.4. The number of pyridine rings is 1. The van der Waals surface area contributed by atoms with Gasteiger partial charge in [-0.25, -0.2) is 4.98 Å². The Bertz CT molecular complexity index is 1200. The molecular formula is C23H21N3O2S. The molecule has 0 radical (unpaired) electrons. The monoisotopic (exact) mass is 403 g/mol. The molecule has 6 heteroatoms. The Balaban J connectivity index is 1.69. The van der Waals surface area contributed by atoms with Crippen molar-refractivity contribution in [3.63, 3.8) is 0 Å². The molecule has 2 aromatic heterocycles. The number of carbonyl (C=O) groups excluding carboxylic acids is 1. The van der Waals surface area contributed by atoms with Crippen LogP contribution in [0.2, 0.25) is 0 Å². The molecule has 0 saturated heterocycles. The summed E-state index contributed by atoms with van der Waals surface area (Å²) >= 11 is 1.39. The van der Waals surface area contributed by atoms with Gasteiger partial charge in [0.25, 0.3) is 5.91 Å². The quantitative estimate of drug-likeness (QED) is 0.478. The van der Waals surface area contributed by atoms with Crippen LogP contribution in [0.5, 0.6) is 5.75 Å². The molecule has 146 valence electrons. The molecule has 0 aliphatic carbocycles. The third kappa shape index (κ3) is 3.59. The molecule has 4 aromatic rings. The summed E-state index contributed by atoms with van der Waals surface area (Å²) in [4.78, 5) is 22.5. The van der Waals surface area contributed by atoms with Crippen molar-refractivity contribution in [3.8, 4) is 17.0 Å². The molecule has 0 bridgehead atoms. The van der Waals surface area contributed by atoms with Crippen LogP contribution in [-0.4, -0.2) is 23.0 Å². The van der Waals surface area contributed by atoms with Gasteiger partial charge in [-0.15, -0.1) is 11.3 Å². The fourth-order valence-corrected chi connectivity index (χ4v) is 4.17. The third-order valence-electron chi connectivity index (χ3n) is 4.91. The Morgan fingerprint density at radius 3 is 2.66 bits per heavy atom. The Labute approximate surface area is 173 Å². The lowest BCUT2D eigenvalue weighted by molar-refractivity contribution is 0.102. The summed E-state index contributed by atoms with van der Waals surface area (Å²) in [5.74, 6) is 0.580. The predicted octanol–water partition coefficient (Wildman–Crippen LogP) is 5.49. The molecule has 1 amide bonds. The highest BCUT2D eigenvalue weighted by atomic mass is 32.1. The molecule has 0 saturated carbocycles. The summed E-state index contributed by atoms with van der Waals surface area (Å²) in [5.41, 5.74) is 4.99. The normalized spacial score (nSPS) is 10.9. The van der Waals surface area contributed by atoms with Crippen molar-refractivity contribution < 1.29 is 9.53 Å². The van der Waals surface area contributed by atoms with Gasteiger partial charge in [-0.05, 0) is 37.1 Å². The van der Waals surface area contributed by atoms with Gasteiger partial charge in [0, 0.05) is 22.0 Å². The molecule has 0 fully saturated rings. The van der Waals surface area contributed by atoms with E-state index in [1.54, 1.807) is 7.11 Å². The molecule has 2 aromatic carbocycles. The minimum Gasteiger partial charge on any atom is -0.496 e. The van der Waals surface area contributed by atoms with E-state index >= 15 is 0 Å². The van der Waals surface area contributed by atoms with Crippen molar-refractivity contribution in [3.05, 3.63) is 70.7 Å². The van der Waals surface area contributed by atoms with Gasteiger partial charge in [0.2, 0.25) is 0 Å². The molecule has 0 atom stereocenters. The fraction of sp³-hybridized carbons (Fsp3) is 0.174. The number of amides is 1. The average molecular weight is 404 g/mol. The highest BCUT2D eigenvalue weighted by Crippen LogP contribution is 2.32.